The Morgan fingerprint density at radius 3 is 2.76 bits per heavy atom. The molecule has 33 heavy (non-hydrogen) atoms. The summed E-state index contributed by atoms with van der Waals surface area (Å²) in [6.07, 6.45) is -0.526. The van der Waals surface area contributed by atoms with Gasteiger partial charge in [0.2, 0.25) is 11.4 Å². The maximum Gasteiger partial charge on any atom is 0.227 e. The molecule has 0 saturated heterocycles. The highest BCUT2D eigenvalue weighted by atomic mass is 32.2. The summed E-state index contributed by atoms with van der Waals surface area (Å²) in [5, 5.41) is 7.69. The number of rotatable bonds is 7. The van der Waals surface area contributed by atoms with Crippen LogP contribution in [0.25, 0.3) is 0 Å². The van der Waals surface area contributed by atoms with Crippen LogP contribution in [0.3, 0.4) is 0 Å². The van der Waals surface area contributed by atoms with Gasteiger partial charge in [0.25, 0.3) is 0 Å². The number of ether oxygens (including phenoxy) is 3. The molecule has 168 valence electrons. The van der Waals surface area contributed by atoms with Crippen molar-refractivity contribution >= 4 is 11.8 Å². The zero-order valence-corrected chi connectivity index (χ0v) is 18.8. The molecule has 1 N–H and O–H groups in total. The van der Waals surface area contributed by atoms with E-state index >= 15 is 0 Å². The van der Waals surface area contributed by atoms with E-state index in [1.165, 1.54) is 29.5 Å². The van der Waals surface area contributed by atoms with Crippen LogP contribution in [0.2, 0.25) is 0 Å². The fourth-order valence-electron chi connectivity index (χ4n) is 3.49. The molecule has 8 heteroatoms. The lowest BCUT2D eigenvalue weighted by atomic mass is 10.1. The predicted molar refractivity (Wildman–Crippen MR) is 122 cm³/mol. The van der Waals surface area contributed by atoms with Gasteiger partial charge in [-0.3, -0.25) is 5.10 Å². The molecule has 0 unspecified atom stereocenters. The quantitative estimate of drug-likeness (QED) is 0.353. The summed E-state index contributed by atoms with van der Waals surface area (Å²) in [6, 6.07) is 20.5. The number of fused-ring (bicyclic) bond motifs is 1. The zero-order chi connectivity index (χ0) is 22.6. The average Bonchev–Trinajstić information content (AvgIpc) is 3.30. The highest BCUT2D eigenvalue weighted by Crippen LogP contribution is 2.38. The Labute approximate surface area is 195 Å². The second-order valence-electron chi connectivity index (χ2n) is 7.68. The number of halogens is 1. The van der Waals surface area contributed by atoms with Gasteiger partial charge >= 0.3 is 0 Å². The van der Waals surface area contributed by atoms with Gasteiger partial charge in [-0.15, -0.1) is 5.10 Å². The first-order valence-electron chi connectivity index (χ1n) is 10.5. The van der Waals surface area contributed by atoms with Gasteiger partial charge in [0.15, 0.2) is 5.82 Å². The Kier molecular flexibility index (Phi) is 6.28. The highest BCUT2D eigenvalue weighted by Gasteiger charge is 2.25. The van der Waals surface area contributed by atoms with E-state index in [0.717, 1.165) is 16.9 Å². The summed E-state index contributed by atoms with van der Waals surface area (Å²) >= 11 is 1.40. The summed E-state index contributed by atoms with van der Waals surface area (Å²) in [5.74, 6) is 2.18. The lowest BCUT2D eigenvalue weighted by Crippen LogP contribution is -2.19. The van der Waals surface area contributed by atoms with Crippen molar-refractivity contribution in [2.45, 2.75) is 37.3 Å². The number of aryl methyl sites for hydroxylation is 1. The second kappa shape index (κ2) is 9.64. The average molecular weight is 464 g/mol. The Bertz CT molecular complexity index is 1230. The summed E-state index contributed by atoms with van der Waals surface area (Å²) < 4.78 is 31.9. The first kappa shape index (κ1) is 21.5. The minimum Gasteiger partial charge on any atom is -0.486 e. The van der Waals surface area contributed by atoms with Gasteiger partial charge in [-0.05, 0) is 31.2 Å². The first-order valence-corrected chi connectivity index (χ1v) is 11.5. The van der Waals surface area contributed by atoms with Crippen LogP contribution in [0.15, 0.2) is 71.9 Å². The van der Waals surface area contributed by atoms with Crippen LogP contribution in [0.4, 0.5) is 4.39 Å². The molecule has 1 aliphatic rings. The van der Waals surface area contributed by atoms with Gasteiger partial charge in [0.05, 0.1) is 6.61 Å². The topological polar surface area (TPSA) is 69.3 Å². The molecule has 4 aromatic rings. The van der Waals surface area contributed by atoms with Gasteiger partial charge in [-0.25, -0.2) is 9.37 Å². The third-order valence-corrected chi connectivity index (χ3v) is 6.06. The zero-order valence-electron chi connectivity index (χ0n) is 18.0. The first-order chi connectivity index (χ1) is 16.1. The maximum absolute atomic E-state index is 14.2. The van der Waals surface area contributed by atoms with Gasteiger partial charge in [0.1, 0.15) is 23.9 Å². The SMILES string of the molecule is Cc1ccc(OCc2nc(SCc3cc(F)cc4c3O[C@@H](c3ccccc3)OC4)n[nH]2)cc1. The number of aromatic nitrogens is 3. The normalized spacial score (nSPS) is 15.0. The van der Waals surface area contributed by atoms with Crippen LogP contribution in [0, 0.1) is 12.7 Å². The van der Waals surface area contributed by atoms with Crippen molar-refractivity contribution in [1.29, 1.82) is 0 Å². The van der Waals surface area contributed by atoms with Crippen molar-refractivity contribution in [2.75, 3.05) is 0 Å². The Morgan fingerprint density at radius 1 is 1.12 bits per heavy atom. The molecule has 1 aliphatic heterocycles. The number of thioether (sulfide) groups is 1. The van der Waals surface area contributed by atoms with Crippen molar-refractivity contribution in [2.24, 2.45) is 0 Å². The van der Waals surface area contributed by atoms with E-state index in [0.29, 0.717) is 28.0 Å². The fraction of sp³-hybridized carbons (Fsp3) is 0.200. The summed E-state index contributed by atoms with van der Waals surface area (Å²) in [4.78, 5) is 4.47. The number of hydrogen-bond donors (Lipinski definition) is 1. The lowest BCUT2D eigenvalue weighted by molar-refractivity contribution is -0.112. The molecule has 3 aromatic carbocycles. The summed E-state index contributed by atoms with van der Waals surface area (Å²) in [7, 11) is 0. The van der Waals surface area contributed by atoms with Crippen LogP contribution in [-0.4, -0.2) is 15.2 Å². The van der Waals surface area contributed by atoms with E-state index < -0.39 is 6.29 Å². The molecule has 0 radical (unpaired) electrons. The largest absolute Gasteiger partial charge is 0.486 e. The van der Waals surface area contributed by atoms with E-state index in [9.17, 15) is 4.39 Å². The molecule has 6 nitrogen and oxygen atoms in total. The molecular formula is C25H22FN3O3S. The monoisotopic (exact) mass is 463 g/mol. The Morgan fingerprint density at radius 2 is 1.94 bits per heavy atom. The third kappa shape index (κ3) is 5.18. The number of aromatic amines is 1. The number of nitrogens with zero attached hydrogens (tertiary/aromatic N) is 2. The van der Waals surface area contributed by atoms with Crippen LogP contribution < -0.4 is 9.47 Å². The molecule has 0 spiro atoms. The number of benzene rings is 3. The Balaban J connectivity index is 1.25. The molecule has 1 aromatic heterocycles. The maximum atomic E-state index is 14.2. The van der Waals surface area contributed by atoms with E-state index in [1.807, 2.05) is 61.5 Å². The van der Waals surface area contributed by atoms with Crippen LogP contribution >= 0.6 is 11.8 Å². The molecule has 2 heterocycles. The smallest absolute Gasteiger partial charge is 0.227 e. The minimum absolute atomic E-state index is 0.283. The van der Waals surface area contributed by atoms with Crippen molar-refractivity contribution in [3.63, 3.8) is 0 Å². The molecule has 1 atom stereocenters. The van der Waals surface area contributed by atoms with Crippen LogP contribution in [0.5, 0.6) is 11.5 Å². The van der Waals surface area contributed by atoms with E-state index in [1.54, 1.807) is 0 Å². The molecular weight excluding hydrogens is 441 g/mol. The number of H-pyrrole nitrogens is 1. The molecule has 5 rings (SSSR count). The highest BCUT2D eigenvalue weighted by molar-refractivity contribution is 7.98. The predicted octanol–water partition coefficient (Wildman–Crippen LogP) is 5.73. The molecule has 0 fully saturated rings. The van der Waals surface area contributed by atoms with Crippen LogP contribution in [-0.2, 0) is 23.7 Å². The van der Waals surface area contributed by atoms with E-state index in [2.05, 4.69) is 15.2 Å². The van der Waals surface area contributed by atoms with Crippen molar-refractivity contribution in [3.05, 3.63) is 101 Å². The van der Waals surface area contributed by atoms with Gasteiger partial charge in [-0.1, -0.05) is 59.8 Å². The van der Waals surface area contributed by atoms with Gasteiger partial charge < -0.3 is 14.2 Å². The molecule has 0 amide bonds. The fourth-order valence-corrected chi connectivity index (χ4v) is 4.28. The third-order valence-electron chi connectivity index (χ3n) is 5.16. The Hall–Kier alpha value is -3.36. The van der Waals surface area contributed by atoms with E-state index in [4.69, 9.17) is 14.2 Å². The van der Waals surface area contributed by atoms with Crippen LogP contribution in [0.1, 0.15) is 34.4 Å². The second-order valence-corrected chi connectivity index (χ2v) is 8.62. The van der Waals surface area contributed by atoms with Crippen molar-refractivity contribution < 1.29 is 18.6 Å². The van der Waals surface area contributed by atoms with Crippen molar-refractivity contribution in [1.82, 2.24) is 15.2 Å². The molecule has 0 saturated carbocycles. The molecule has 0 bridgehead atoms. The lowest BCUT2D eigenvalue weighted by Gasteiger charge is -2.28. The standard InChI is InChI=1S/C25H22FN3O3S/c1-16-7-9-21(10-8-16)30-14-22-27-25(29-28-22)33-15-19-12-20(26)11-18-13-31-24(32-23(18)19)17-5-3-2-4-6-17/h2-12,24H,13-15H2,1H3,(H,27,28,29)/t24-/m0/s1. The number of hydrogen-bond acceptors (Lipinski definition) is 6. The minimum atomic E-state index is -0.526. The van der Waals surface area contributed by atoms with E-state index in [-0.39, 0.29) is 19.0 Å². The molecule has 0 aliphatic carbocycles. The van der Waals surface area contributed by atoms with Gasteiger partial charge in [0, 0.05) is 22.4 Å². The van der Waals surface area contributed by atoms with Crippen molar-refractivity contribution in [3.8, 4) is 11.5 Å². The summed E-state index contributed by atoms with van der Waals surface area (Å²) in [5.41, 5.74) is 3.52. The summed E-state index contributed by atoms with van der Waals surface area (Å²) in [6.45, 7) is 2.59. The number of nitrogens with one attached hydrogen (secondary N) is 1. The van der Waals surface area contributed by atoms with Gasteiger partial charge in [-0.2, -0.15) is 0 Å².